The molecule has 7 heteroatoms. The number of ether oxygens (including phenoxy) is 1. The summed E-state index contributed by atoms with van der Waals surface area (Å²) in [6, 6.07) is 18.8. The Balaban J connectivity index is 1.33. The molecule has 4 rings (SSSR count). The van der Waals surface area contributed by atoms with Crippen molar-refractivity contribution in [2.45, 2.75) is 13.2 Å². The third-order valence-corrected chi connectivity index (χ3v) is 5.70. The topological polar surface area (TPSA) is 32.8 Å². The summed E-state index contributed by atoms with van der Waals surface area (Å²) in [6.45, 7) is 2.90. The van der Waals surface area contributed by atoms with E-state index in [2.05, 4.69) is 0 Å². The van der Waals surface area contributed by atoms with Crippen LogP contribution < -0.4 is 4.74 Å². The largest absolute Gasteiger partial charge is 0.489 e. The van der Waals surface area contributed by atoms with Gasteiger partial charge in [0.2, 0.25) is 0 Å². The minimum absolute atomic E-state index is 0.0498. The lowest BCUT2D eigenvalue weighted by Crippen LogP contribution is -2.48. The van der Waals surface area contributed by atoms with Crippen LogP contribution in [0.1, 0.15) is 21.5 Å². The van der Waals surface area contributed by atoms with Crippen molar-refractivity contribution in [3.05, 3.63) is 100 Å². The molecule has 4 nitrogen and oxygen atoms in total. The molecular weight excluding hydrogens is 434 g/mol. The lowest BCUT2D eigenvalue weighted by atomic mass is 10.1. The van der Waals surface area contributed by atoms with Crippen LogP contribution in [0.4, 0.5) is 8.78 Å². The van der Waals surface area contributed by atoms with Crippen LogP contribution in [0.5, 0.6) is 5.75 Å². The first kappa shape index (κ1) is 22.2. The standard InChI is InChI=1S/C25H23ClF2N2O2/c26-21-7-3-8-22(15-21)32-17-18-4-1-5-19(14-18)25(31)30-12-10-29(11-13-30)16-20-6-2-9-23(27)24(20)28/h1-9,14-15H,10-13,16-17H2. The molecule has 1 aliphatic rings. The van der Waals surface area contributed by atoms with Crippen molar-refractivity contribution in [2.24, 2.45) is 0 Å². The van der Waals surface area contributed by atoms with Crippen molar-refractivity contribution < 1.29 is 18.3 Å². The second kappa shape index (κ2) is 10.1. The molecule has 1 heterocycles. The van der Waals surface area contributed by atoms with Crippen LogP contribution in [-0.4, -0.2) is 41.9 Å². The second-order valence-electron chi connectivity index (χ2n) is 7.73. The summed E-state index contributed by atoms with van der Waals surface area (Å²) in [5.74, 6) is -1.02. The Labute approximate surface area is 191 Å². The number of carbonyl (C=O) groups is 1. The first-order chi connectivity index (χ1) is 15.5. The highest BCUT2D eigenvalue weighted by atomic mass is 35.5. The van der Waals surface area contributed by atoms with E-state index >= 15 is 0 Å². The van der Waals surface area contributed by atoms with Gasteiger partial charge in [-0.25, -0.2) is 8.78 Å². The zero-order valence-corrected chi connectivity index (χ0v) is 18.2. The Morgan fingerprint density at radius 1 is 0.938 bits per heavy atom. The van der Waals surface area contributed by atoms with Gasteiger partial charge in [-0.3, -0.25) is 9.69 Å². The molecule has 1 aliphatic heterocycles. The molecular formula is C25H23ClF2N2O2. The summed E-state index contributed by atoms with van der Waals surface area (Å²) in [5, 5.41) is 0.603. The van der Waals surface area contributed by atoms with Crippen LogP contribution in [-0.2, 0) is 13.2 Å². The summed E-state index contributed by atoms with van der Waals surface area (Å²) in [5.41, 5.74) is 1.81. The number of carbonyl (C=O) groups excluding carboxylic acids is 1. The highest BCUT2D eigenvalue weighted by Gasteiger charge is 2.23. The number of benzene rings is 3. The molecule has 0 N–H and O–H groups in total. The Morgan fingerprint density at radius 3 is 2.47 bits per heavy atom. The van der Waals surface area contributed by atoms with E-state index in [1.165, 1.54) is 6.07 Å². The minimum atomic E-state index is -0.837. The first-order valence-corrected chi connectivity index (χ1v) is 10.8. The molecule has 0 spiro atoms. The van der Waals surface area contributed by atoms with Crippen molar-refractivity contribution >= 4 is 17.5 Å². The van der Waals surface area contributed by atoms with Crippen LogP contribution in [0.2, 0.25) is 5.02 Å². The van der Waals surface area contributed by atoms with Crippen LogP contribution in [0.25, 0.3) is 0 Å². The predicted octanol–water partition coefficient (Wildman–Crippen LogP) is 5.16. The molecule has 0 saturated carbocycles. The number of hydrogen-bond acceptors (Lipinski definition) is 3. The highest BCUT2D eigenvalue weighted by Crippen LogP contribution is 2.20. The number of rotatable bonds is 6. The average molecular weight is 457 g/mol. The lowest BCUT2D eigenvalue weighted by molar-refractivity contribution is 0.0626. The molecule has 1 amide bonds. The Kier molecular flexibility index (Phi) is 7.02. The van der Waals surface area contributed by atoms with Crippen LogP contribution in [0, 0.1) is 11.6 Å². The van der Waals surface area contributed by atoms with Gasteiger partial charge in [0.25, 0.3) is 5.91 Å². The van der Waals surface area contributed by atoms with Gasteiger partial charge < -0.3 is 9.64 Å². The summed E-state index contributed by atoms with van der Waals surface area (Å²) in [4.78, 5) is 16.8. The van der Waals surface area contributed by atoms with E-state index in [0.29, 0.717) is 61.2 Å². The van der Waals surface area contributed by atoms with Gasteiger partial charge in [-0.1, -0.05) is 41.9 Å². The summed E-state index contributed by atoms with van der Waals surface area (Å²) >= 11 is 5.98. The van der Waals surface area contributed by atoms with E-state index in [4.69, 9.17) is 16.3 Å². The molecule has 0 bridgehead atoms. The predicted molar refractivity (Wildman–Crippen MR) is 120 cm³/mol. The molecule has 0 aliphatic carbocycles. The van der Waals surface area contributed by atoms with E-state index in [0.717, 1.165) is 11.6 Å². The molecule has 3 aromatic carbocycles. The smallest absolute Gasteiger partial charge is 0.253 e. The maximum absolute atomic E-state index is 13.9. The molecule has 32 heavy (non-hydrogen) atoms. The van der Waals surface area contributed by atoms with E-state index in [-0.39, 0.29) is 5.91 Å². The molecule has 1 fully saturated rings. The number of nitrogens with zero attached hydrogens (tertiary/aromatic N) is 2. The van der Waals surface area contributed by atoms with Crippen molar-refractivity contribution in [3.8, 4) is 5.75 Å². The molecule has 0 atom stereocenters. The number of piperazine rings is 1. The fraction of sp³-hybridized carbons (Fsp3) is 0.240. The van der Waals surface area contributed by atoms with Crippen molar-refractivity contribution in [1.82, 2.24) is 9.80 Å². The summed E-state index contributed by atoms with van der Waals surface area (Å²) in [7, 11) is 0. The van der Waals surface area contributed by atoms with Gasteiger partial charge in [0.05, 0.1) is 0 Å². The second-order valence-corrected chi connectivity index (χ2v) is 8.16. The normalized spacial score (nSPS) is 14.4. The molecule has 0 radical (unpaired) electrons. The Morgan fingerprint density at radius 2 is 1.69 bits per heavy atom. The van der Waals surface area contributed by atoms with Crippen molar-refractivity contribution in [1.29, 1.82) is 0 Å². The SMILES string of the molecule is O=C(c1cccc(COc2cccc(Cl)c2)c1)N1CCN(Cc2cccc(F)c2F)CC1. The monoisotopic (exact) mass is 456 g/mol. The molecule has 0 aromatic heterocycles. The minimum Gasteiger partial charge on any atom is -0.489 e. The van der Waals surface area contributed by atoms with Crippen molar-refractivity contribution in [3.63, 3.8) is 0 Å². The quantitative estimate of drug-likeness (QED) is 0.514. The first-order valence-electron chi connectivity index (χ1n) is 10.4. The number of hydrogen-bond donors (Lipinski definition) is 0. The van der Waals surface area contributed by atoms with Gasteiger partial charge in [-0.15, -0.1) is 0 Å². The third kappa shape index (κ3) is 5.44. The maximum atomic E-state index is 13.9. The van der Waals surface area contributed by atoms with Crippen LogP contribution in [0.3, 0.4) is 0 Å². The third-order valence-electron chi connectivity index (χ3n) is 5.46. The van der Waals surface area contributed by atoms with Crippen LogP contribution >= 0.6 is 11.6 Å². The van der Waals surface area contributed by atoms with Gasteiger partial charge in [-0.05, 0) is 42.0 Å². The average Bonchev–Trinajstić information content (AvgIpc) is 2.81. The molecule has 3 aromatic rings. The zero-order valence-electron chi connectivity index (χ0n) is 17.4. The molecule has 0 unspecified atom stereocenters. The van der Waals surface area contributed by atoms with E-state index in [1.54, 1.807) is 29.2 Å². The Hall–Kier alpha value is -2.96. The van der Waals surface area contributed by atoms with Crippen LogP contribution in [0.15, 0.2) is 66.7 Å². The van der Waals surface area contributed by atoms with Gasteiger partial charge in [-0.2, -0.15) is 0 Å². The van der Waals surface area contributed by atoms with Crippen molar-refractivity contribution in [2.75, 3.05) is 26.2 Å². The molecule has 1 saturated heterocycles. The summed E-state index contributed by atoms with van der Waals surface area (Å²) < 4.78 is 33.1. The fourth-order valence-corrected chi connectivity index (χ4v) is 3.90. The zero-order chi connectivity index (χ0) is 22.5. The van der Waals surface area contributed by atoms with Gasteiger partial charge in [0, 0.05) is 48.9 Å². The van der Waals surface area contributed by atoms with E-state index < -0.39 is 11.6 Å². The summed E-state index contributed by atoms with van der Waals surface area (Å²) in [6.07, 6.45) is 0. The van der Waals surface area contributed by atoms with Gasteiger partial charge in [0.1, 0.15) is 12.4 Å². The number of halogens is 3. The van der Waals surface area contributed by atoms with E-state index in [9.17, 15) is 13.6 Å². The fourth-order valence-electron chi connectivity index (χ4n) is 3.72. The Bertz CT molecular complexity index is 1100. The van der Waals surface area contributed by atoms with E-state index in [1.807, 2.05) is 35.2 Å². The highest BCUT2D eigenvalue weighted by molar-refractivity contribution is 6.30. The van der Waals surface area contributed by atoms with Gasteiger partial charge in [0.15, 0.2) is 11.6 Å². The maximum Gasteiger partial charge on any atom is 0.253 e. The van der Waals surface area contributed by atoms with Gasteiger partial charge >= 0.3 is 0 Å². The number of amides is 1. The lowest BCUT2D eigenvalue weighted by Gasteiger charge is -2.35. The molecule has 166 valence electrons.